The molecule has 0 fully saturated rings. The van der Waals surface area contributed by atoms with Crippen LogP contribution >= 0.6 is 11.6 Å². The number of allylic oxidation sites excluding steroid dienone is 1. The van der Waals surface area contributed by atoms with Crippen molar-refractivity contribution in [1.82, 2.24) is 9.97 Å². The topological polar surface area (TPSA) is 51.8 Å². The summed E-state index contributed by atoms with van der Waals surface area (Å²) >= 11 is 5.88. The van der Waals surface area contributed by atoms with Gasteiger partial charge in [0.05, 0.1) is 11.4 Å². The third-order valence-corrected chi connectivity index (χ3v) is 3.43. The molecule has 1 aromatic heterocycles. The van der Waals surface area contributed by atoms with E-state index < -0.39 is 0 Å². The van der Waals surface area contributed by atoms with Gasteiger partial charge in [-0.05, 0) is 24.2 Å². The molecule has 0 saturated heterocycles. The van der Waals surface area contributed by atoms with Gasteiger partial charge in [-0.1, -0.05) is 38.4 Å². The average Bonchev–Trinajstić information content (AvgIpc) is 2.25. The first kappa shape index (κ1) is 14.0. The van der Waals surface area contributed by atoms with Crippen LogP contribution in [0.1, 0.15) is 26.5 Å². The predicted octanol–water partition coefficient (Wildman–Crippen LogP) is 3.35. The molecule has 2 N–H and O–H groups in total. The highest BCUT2D eigenvalue weighted by Crippen LogP contribution is 2.27. The maximum atomic E-state index is 5.88. The summed E-state index contributed by atoms with van der Waals surface area (Å²) in [5, 5.41) is 0.335. The van der Waals surface area contributed by atoms with Crippen LogP contribution in [0.5, 0.6) is 0 Å². The Morgan fingerprint density at radius 1 is 1.41 bits per heavy atom. The van der Waals surface area contributed by atoms with Crippen LogP contribution in [0.15, 0.2) is 19.0 Å². The lowest BCUT2D eigenvalue weighted by Gasteiger charge is -2.24. The number of rotatable bonds is 5. The molecular formula is C13H20ClN3. The van der Waals surface area contributed by atoms with Crippen LogP contribution in [0.2, 0.25) is 5.15 Å². The van der Waals surface area contributed by atoms with Gasteiger partial charge in [-0.2, -0.15) is 0 Å². The van der Waals surface area contributed by atoms with Gasteiger partial charge in [-0.3, -0.25) is 0 Å². The van der Waals surface area contributed by atoms with Crippen molar-refractivity contribution in [2.45, 2.75) is 27.2 Å². The second-order valence-electron chi connectivity index (χ2n) is 4.76. The van der Waals surface area contributed by atoms with E-state index in [1.165, 1.54) is 6.33 Å². The summed E-state index contributed by atoms with van der Waals surface area (Å²) in [6, 6.07) is 0. The Morgan fingerprint density at radius 2 is 2.06 bits per heavy atom. The Labute approximate surface area is 108 Å². The summed E-state index contributed by atoms with van der Waals surface area (Å²) in [4.78, 5) is 8.06. The molecule has 0 saturated carbocycles. The molecular weight excluding hydrogens is 234 g/mol. The fraction of sp³-hybridized carbons (Fsp3) is 0.538. The molecule has 1 aromatic rings. The molecule has 0 amide bonds. The number of nitrogen functional groups attached to an aromatic ring is 1. The van der Waals surface area contributed by atoms with Gasteiger partial charge in [0.25, 0.3) is 0 Å². The van der Waals surface area contributed by atoms with Gasteiger partial charge in [0.1, 0.15) is 6.33 Å². The standard InChI is InChI=1S/C13H20ClN3/c1-5-10(8(2)3)9(4)6-11-12(15)13(14)17-7-16-11/h5,7-10H,1,6,15H2,2-4H3. The molecule has 2 atom stereocenters. The largest absolute Gasteiger partial charge is 0.395 e. The first-order valence-electron chi connectivity index (χ1n) is 5.84. The van der Waals surface area contributed by atoms with Gasteiger partial charge in [0.2, 0.25) is 0 Å². The van der Waals surface area contributed by atoms with E-state index in [0.717, 1.165) is 12.1 Å². The Balaban J connectivity index is 2.83. The van der Waals surface area contributed by atoms with E-state index in [-0.39, 0.29) is 0 Å². The van der Waals surface area contributed by atoms with Crippen LogP contribution in [0.25, 0.3) is 0 Å². The van der Waals surface area contributed by atoms with E-state index in [9.17, 15) is 0 Å². The molecule has 1 rings (SSSR count). The summed E-state index contributed by atoms with van der Waals surface area (Å²) < 4.78 is 0. The number of anilines is 1. The molecule has 0 spiro atoms. The third kappa shape index (κ3) is 3.43. The highest BCUT2D eigenvalue weighted by atomic mass is 35.5. The van der Waals surface area contributed by atoms with Crippen LogP contribution in [0.3, 0.4) is 0 Å². The first-order chi connectivity index (χ1) is 7.97. The number of halogens is 1. The van der Waals surface area contributed by atoms with Gasteiger partial charge in [-0.15, -0.1) is 6.58 Å². The number of hydrogen-bond donors (Lipinski definition) is 1. The van der Waals surface area contributed by atoms with E-state index in [2.05, 4.69) is 37.3 Å². The van der Waals surface area contributed by atoms with Crippen LogP contribution in [0, 0.1) is 17.8 Å². The van der Waals surface area contributed by atoms with E-state index >= 15 is 0 Å². The van der Waals surface area contributed by atoms with Crippen molar-refractivity contribution in [3.8, 4) is 0 Å². The summed E-state index contributed by atoms with van der Waals surface area (Å²) in [7, 11) is 0. The highest BCUT2D eigenvalue weighted by molar-refractivity contribution is 6.31. The van der Waals surface area contributed by atoms with E-state index in [0.29, 0.717) is 28.6 Å². The van der Waals surface area contributed by atoms with Gasteiger partial charge in [0, 0.05) is 0 Å². The molecule has 2 unspecified atom stereocenters. The molecule has 0 bridgehead atoms. The zero-order valence-corrected chi connectivity index (χ0v) is 11.4. The number of nitrogens with zero attached hydrogens (tertiary/aromatic N) is 2. The molecule has 0 aliphatic rings. The number of aromatic nitrogens is 2. The summed E-state index contributed by atoms with van der Waals surface area (Å²) in [6.45, 7) is 10.5. The van der Waals surface area contributed by atoms with Gasteiger partial charge >= 0.3 is 0 Å². The quantitative estimate of drug-likeness (QED) is 0.647. The molecule has 17 heavy (non-hydrogen) atoms. The van der Waals surface area contributed by atoms with Crippen LogP contribution in [-0.2, 0) is 6.42 Å². The molecule has 4 heteroatoms. The molecule has 0 aliphatic carbocycles. The summed E-state index contributed by atoms with van der Waals surface area (Å²) in [5.41, 5.74) is 7.18. The average molecular weight is 254 g/mol. The maximum absolute atomic E-state index is 5.88. The van der Waals surface area contributed by atoms with E-state index in [1.807, 2.05) is 6.08 Å². The molecule has 3 nitrogen and oxygen atoms in total. The van der Waals surface area contributed by atoms with E-state index in [4.69, 9.17) is 17.3 Å². The van der Waals surface area contributed by atoms with Crippen molar-refractivity contribution in [2.75, 3.05) is 5.73 Å². The second kappa shape index (κ2) is 6.01. The molecule has 0 aromatic carbocycles. The molecule has 0 aliphatic heterocycles. The number of nitrogens with two attached hydrogens (primary N) is 1. The monoisotopic (exact) mass is 253 g/mol. The Hall–Kier alpha value is -1.09. The Kier molecular flexibility index (Phi) is 4.94. The molecule has 94 valence electrons. The lowest BCUT2D eigenvalue weighted by atomic mass is 9.82. The first-order valence-corrected chi connectivity index (χ1v) is 6.22. The summed E-state index contributed by atoms with van der Waals surface area (Å²) in [5.74, 6) is 1.44. The zero-order valence-electron chi connectivity index (χ0n) is 10.7. The van der Waals surface area contributed by atoms with Crippen molar-refractivity contribution in [3.63, 3.8) is 0 Å². The molecule has 0 radical (unpaired) electrons. The maximum Gasteiger partial charge on any atom is 0.155 e. The highest BCUT2D eigenvalue weighted by Gasteiger charge is 2.20. The van der Waals surface area contributed by atoms with Crippen molar-refractivity contribution < 1.29 is 0 Å². The van der Waals surface area contributed by atoms with Crippen LogP contribution in [-0.4, -0.2) is 9.97 Å². The van der Waals surface area contributed by atoms with Crippen molar-refractivity contribution in [1.29, 1.82) is 0 Å². The summed E-state index contributed by atoms with van der Waals surface area (Å²) in [6.07, 6.45) is 4.26. The van der Waals surface area contributed by atoms with Crippen LogP contribution in [0.4, 0.5) is 5.69 Å². The van der Waals surface area contributed by atoms with Crippen LogP contribution < -0.4 is 5.73 Å². The van der Waals surface area contributed by atoms with Gasteiger partial charge < -0.3 is 5.73 Å². The van der Waals surface area contributed by atoms with Gasteiger partial charge in [-0.25, -0.2) is 9.97 Å². The Morgan fingerprint density at radius 3 is 2.59 bits per heavy atom. The smallest absolute Gasteiger partial charge is 0.155 e. The van der Waals surface area contributed by atoms with Crippen molar-refractivity contribution >= 4 is 17.3 Å². The van der Waals surface area contributed by atoms with Crippen molar-refractivity contribution in [2.24, 2.45) is 17.8 Å². The fourth-order valence-corrected chi connectivity index (χ4v) is 2.33. The van der Waals surface area contributed by atoms with Crippen molar-refractivity contribution in [3.05, 3.63) is 29.8 Å². The lowest BCUT2D eigenvalue weighted by molar-refractivity contribution is 0.331. The SMILES string of the molecule is C=CC(C(C)C)C(C)Cc1ncnc(Cl)c1N. The minimum atomic E-state index is 0.335. The minimum absolute atomic E-state index is 0.335. The van der Waals surface area contributed by atoms with Gasteiger partial charge in [0.15, 0.2) is 5.15 Å². The third-order valence-electron chi connectivity index (χ3n) is 3.13. The zero-order chi connectivity index (χ0) is 13.0. The normalized spacial score (nSPS) is 14.6. The second-order valence-corrected chi connectivity index (χ2v) is 5.12. The Bertz CT molecular complexity index is 390. The predicted molar refractivity (Wildman–Crippen MR) is 72.8 cm³/mol. The van der Waals surface area contributed by atoms with E-state index in [1.54, 1.807) is 0 Å². The molecule has 1 heterocycles. The lowest BCUT2D eigenvalue weighted by Crippen LogP contribution is -2.18. The number of hydrogen-bond acceptors (Lipinski definition) is 3. The minimum Gasteiger partial charge on any atom is -0.395 e. The fourth-order valence-electron chi connectivity index (χ4n) is 2.17.